The molecule has 1 aliphatic heterocycles. The molecule has 0 fully saturated rings. The molecule has 1 aromatic carbocycles. The third kappa shape index (κ3) is 4.12. The quantitative estimate of drug-likeness (QED) is 0.812. The lowest BCUT2D eigenvalue weighted by Gasteiger charge is -2.31. The summed E-state index contributed by atoms with van der Waals surface area (Å²) in [6.07, 6.45) is 2.12. The van der Waals surface area contributed by atoms with Crippen molar-refractivity contribution in [1.29, 1.82) is 0 Å². The van der Waals surface area contributed by atoms with Gasteiger partial charge in [-0.2, -0.15) is 5.10 Å². The summed E-state index contributed by atoms with van der Waals surface area (Å²) in [7, 11) is 1.87. The average Bonchev–Trinajstić information content (AvgIpc) is 2.97. The van der Waals surface area contributed by atoms with E-state index in [0.29, 0.717) is 36.9 Å². The first-order valence-corrected chi connectivity index (χ1v) is 9.00. The smallest absolute Gasteiger partial charge is 0.410 e. The van der Waals surface area contributed by atoms with Crippen molar-refractivity contribution in [3.8, 4) is 5.75 Å². The molecule has 0 unspecified atom stereocenters. The molecule has 6 nitrogen and oxygen atoms in total. The van der Waals surface area contributed by atoms with Crippen molar-refractivity contribution < 1.29 is 14.3 Å². The standard InChI is InChI=1S/C19H24ClN3O3/c1-19(2,3)26-18(24)23-10-8-15-13(11-23)5-6-16(17(15)20)25-12-14-7-9-21-22(14)4/h5-7,9H,8,10-12H2,1-4H3. The topological polar surface area (TPSA) is 56.6 Å². The maximum absolute atomic E-state index is 12.3. The highest BCUT2D eigenvalue weighted by Crippen LogP contribution is 2.34. The first-order chi connectivity index (χ1) is 12.2. The number of benzene rings is 1. The molecule has 0 radical (unpaired) electrons. The second kappa shape index (κ2) is 7.19. The predicted molar refractivity (Wildman–Crippen MR) is 99.3 cm³/mol. The Morgan fingerprint density at radius 3 is 2.73 bits per heavy atom. The number of hydrogen-bond acceptors (Lipinski definition) is 4. The van der Waals surface area contributed by atoms with Gasteiger partial charge in [-0.15, -0.1) is 0 Å². The summed E-state index contributed by atoms with van der Waals surface area (Å²) in [5, 5.41) is 4.74. The highest BCUT2D eigenvalue weighted by atomic mass is 35.5. The van der Waals surface area contributed by atoms with Crippen molar-refractivity contribution in [3.05, 3.63) is 46.2 Å². The van der Waals surface area contributed by atoms with E-state index >= 15 is 0 Å². The number of rotatable bonds is 3. The van der Waals surface area contributed by atoms with Gasteiger partial charge < -0.3 is 14.4 Å². The maximum atomic E-state index is 12.3. The lowest BCUT2D eigenvalue weighted by atomic mass is 9.99. The van der Waals surface area contributed by atoms with Crippen molar-refractivity contribution in [1.82, 2.24) is 14.7 Å². The molecular formula is C19H24ClN3O3. The van der Waals surface area contributed by atoms with Crippen LogP contribution in [0.2, 0.25) is 5.02 Å². The van der Waals surface area contributed by atoms with Gasteiger partial charge in [-0.3, -0.25) is 4.68 Å². The zero-order valence-electron chi connectivity index (χ0n) is 15.6. The Morgan fingerprint density at radius 2 is 2.08 bits per heavy atom. The number of amides is 1. The van der Waals surface area contributed by atoms with Crippen LogP contribution in [0.5, 0.6) is 5.75 Å². The minimum atomic E-state index is -0.501. The first kappa shape index (κ1) is 18.6. The first-order valence-electron chi connectivity index (χ1n) is 8.62. The number of hydrogen-bond donors (Lipinski definition) is 0. The largest absolute Gasteiger partial charge is 0.486 e. The Hall–Kier alpha value is -2.21. The summed E-state index contributed by atoms with van der Waals surface area (Å²) in [6, 6.07) is 5.73. The van der Waals surface area contributed by atoms with E-state index in [4.69, 9.17) is 21.1 Å². The molecule has 1 aliphatic rings. The van der Waals surface area contributed by atoms with Crippen LogP contribution in [-0.4, -0.2) is 32.9 Å². The number of carbonyl (C=O) groups is 1. The van der Waals surface area contributed by atoms with Crippen LogP contribution in [0.1, 0.15) is 37.6 Å². The lowest BCUT2D eigenvalue weighted by molar-refractivity contribution is 0.0224. The number of aryl methyl sites for hydroxylation is 1. The highest BCUT2D eigenvalue weighted by molar-refractivity contribution is 6.33. The molecule has 26 heavy (non-hydrogen) atoms. The van der Waals surface area contributed by atoms with Crippen LogP contribution >= 0.6 is 11.6 Å². The summed E-state index contributed by atoms with van der Waals surface area (Å²) < 4.78 is 13.1. The number of halogens is 1. The van der Waals surface area contributed by atoms with E-state index in [1.807, 2.05) is 46.0 Å². The average molecular weight is 378 g/mol. The number of aromatic nitrogens is 2. The van der Waals surface area contributed by atoms with Gasteiger partial charge in [0.05, 0.1) is 10.7 Å². The Morgan fingerprint density at radius 1 is 1.31 bits per heavy atom. The minimum absolute atomic E-state index is 0.296. The van der Waals surface area contributed by atoms with Crippen LogP contribution in [-0.2, 0) is 31.4 Å². The Bertz CT molecular complexity index is 811. The minimum Gasteiger partial charge on any atom is -0.486 e. The van der Waals surface area contributed by atoms with Crippen molar-refractivity contribution in [2.75, 3.05) is 6.54 Å². The summed E-state index contributed by atoms with van der Waals surface area (Å²) >= 11 is 6.56. The van der Waals surface area contributed by atoms with Crippen LogP contribution in [0.3, 0.4) is 0 Å². The molecule has 1 amide bonds. The molecule has 2 heterocycles. The van der Waals surface area contributed by atoms with Crippen LogP contribution < -0.4 is 4.74 Å². The molecule has 3 rings (SSSR count). The lowest BCUT2D eigenvalue weighted by Crippen LogP contribution is -2.40. The molecule has 0 aliphatic carbocycles. The zero-order valence-corrected chi connectivity index (χ0v) is 16.3. The van der Waals surface area contributed by atoms with Gasteiger partial charge in [-0.05, 0) is 50.5 Å². The zero-order chi connectivity index (χ0) is 18.9. The third-order valence-corrected chi connectivity index (χ3v) is 4.66. The van der Waals surface area contributed by atoms with Gasteiger partial charge in [-0.1, -0.05) is 17.7 Å². The van der Waals surface area contributed by atoms with Crippen molar-refractivity contribution in [2.24, 2.45) is 7.05 Å². The van der Waals surface area contributed by atoms with Gasteiger partial charge in [-0.25, -0.2) is 4.79 Å². The fourth-order valence-electron chi connectivity index (χ4n) is 2.88. The Balaban J connectivity index is 1.70. The van der Waals surface area contributed by atoms with Crippen LogP contribution in [0.25, 0.3) is 0 Å². The predicted octanol–water partition coefficient (Wildman–Crippen LogP) is 3.95. The molecule has 0 bridgehead atoms. The van der Waals surface area contributed by atoms with E-state index in [1.54, 1.807) is 15.8 Å². The molecule has 1 aromatic heterocycles. The van der Waals surface area contributed by atoms with E-state index in [-0.39, 0.29) is 6.09 Å². The van der Waals surface area contributed by atoms with Crippen LogP contribution in [0, 0.1) is 0 Å². The number of fused-ring (bicyclic) bond motifs is 1. The molecule has 2 aromatic rings. The van der Waals surface area contributed by atoms with E-state index in [2.05, 4.69) is 5.10 Å². The van der Waals surface area contributed by atoms with Crippen molar-refractivity contribution in [3.63, 3.8) is 0 Å². The van der Waals surface area contributed by atoms with E-state index < -0.39 is 5.60 Å². The highest BCUT2D eigenvalue weighted by Gasteiger charge is 2.27. The van der Waals surface area contributed by atoms with Gasteiger partial charge in [0, 0.05) is 26.3 Å². The van der Waals surface area contributed by atoms with Crippen molar-refractivity contribution >= 4 is 17.7 Å². The monoisotopic (exact) mass is 377 g/mol. The van der Waals surface area contributed by atoms with E-state index in [9.17, 15) is 4.79 Å². The van der Waals surface area contributed by atoms with E-state index in [1.165, 1.54) is 0 Å². The fraction of sp³-hybridized carbons (Fsp3) is 0.474. The maximum Gasteiger partial charge on any atom is 0.410 e. The second-order valence-electron chi connectivity index (χ2n) is 7.40. The van der Waals surface area contributed by atoms with Crippen LogP contribution in [0.15, 0.2) is 24.4 Å². The third-order valence-electron chi connectivity index (χ3n) is 4.25. The molecule has 0 spiro atoms. The summed E-state index contributed by atoms with van der Waals surface area (Å²) in [4.78, 5) is 14.0. The molecule has 0 saturated heterocycles. The molecule has 0 N–H and O–H groups in total. The fourth-order valence-corrected chi connectivity index (χ4v) is 3.21. The van der Waals surface area contributed by atoms with Gasteiger partial charge in [0.25, 0.3) is 0 Å². The molecule has 0 atom stereocenters. The Kier molecular flexibility index (Phi) is 5.14. The van der Waals surface area contributed by atoms with Gasteiger partial charge in [0.15, 0.2) is 0 Å². The SMILES string of the molecule is Cn1nccc1COc1ccc2c(c1Cl)CCN(C(=O)OC(C)(C)C)C2. The number of nitrogens with zero attached hydrogens (tertiary/aromatic N) is 3. The van der Waals surface area contributed by atoms with E-state index in [0.717, 1.165) is 16.8 Å². The molecule has 140 valence electrons. The molecule has 7 heteroatoms. The number of ether oxygens (including phenoxy) is 2. The molecule has 0 saturated carbocycles. The van der Waals surface area contributed by atoms with Gasteiger partial charge in [0.1, 0.15) is 18.0 Å². The summed E-state index contributed by atoms with van der Waals surface area (Å²) in [5.41, 5.74) is 2.53. The van der Waals surface area contributed by atoms with Gasteiger partial charge in [0.2, 0.25) is 0 Å². The van der Waals surface area contributed by atoms with Crippen molar-refractivity contribution in [2.45, 2.75) is 45.9 Å². The summed E-state index contributed by atoms with van der Waals surface area (Å²) in [6.45, 7) is 7.07. The normalized spacial score (nSPS) is 14.1. The van der Waals surface area contributed by atoms with Crippen LogP contribution in [0.4, 0.5) is 4.79 Å². The summed E-state index contributed by atoms with van der Waals surface area (Å²) in [5.74, 6) is 0.650. The molecular weight excluding hydrogens is 354 g/mol. The second-order valence-corrected chi connectivity index (χ2v) is 7.78. The Labute approximate surface area is 158 Å². The van der Waals surface area contributed by atoms with Gasteiger partial charge >= 0.3 is 6.09 Å². The number of carbonyl (C=O) groups excluding carboxylic acids is 1.